The van der Waals surface area contributed by atoms with Crippen LogP contribution in [-0.2, 0) is 0 Å². The Hall–Kier alpha value is -4.81. The highest BCUT2D eigenvalue weighted by molar-refractivity contribution is 6.14. The number of hydrogen-bond donors (Lipinski definition) is 0. The second kappa shape index (κ2) is 7.10. The molecule has 0 aliphatic rings. The van der Waals surface area contributed by atoms with E-state index in [-0.39, 0.29) is 0 Å². The summed E-state index contributed by atoms with van der Waals surface area (Å²) in [5.74, 6) is 0. The SMILES string of the molecule is N#Cc1ccc(-n2c3ccccc3c3ccccc32)c(-c2cccc3oc4ccccc4c23)c1. The van der Waals surface area contributed by atoms with Gasteiger partial charge in [0, 0.05) is 27.1 Å². The summed E-state index contributed by atoms with van der Waals surface area (Å²) >= 11 is 0. The molecule has 0 aliphatic heterocycles. The fourth-order valence-corrected chi connectivity index (χ4v) is 5.20. The monoisotopic (exact) mass is 434 g/mol. The highest BCUT2D eigenvalue weighted by Gasteiger charge is 2.19. The lowest BCUT2D eigenvalue weighted by Crippen LogP contribution is -1.98. The van der Waals surface area contributed by atoms with Gasteiger partial charge < -0.3 is 8.98 Å². The van der Waals surface area contributed by atoms with Crippen LogP contribution in [0.2, 0.25) is 0 Å². The van der Waals surface area contributed by atoms with Crippen molar-refractivity contribution in [1.82, 2.24) is 4.57 Å². The van der Waals surface area contributed by atoms with E-state index in [0.717, 1.165) is 49.8 Å². The molecular formula is C31H18N2O. The summed E-state index contributed by atoms with van der Waals surface area (Å²) in [7, 11) is 0. The first kappa shape index (κ1) is 18.7. The summed E-state index contributed by atoms with van der Waals surface area (Å²) in [5.41, 5.74) is 7.70. The predicted molar refractivity (Wildman–Crippen MR) is 138 cm³/mol. The molecule has 5 aromatic carbocycles. The van der Waals surface area contributed by atoms with Crippen molar-refractivity contribution in [2.45, 2.75) is 0 Å². The molecule has 0 radical (unpaired) electrons. The van der Waals surface area contributed by atoms with E-state index in [9.17, 15) is 5.26 Å². The zero-order chi connectivity index (χ0) is 22.6. The minimum atomic E-state index is 0.629. The molecule has 0 fully saturated rings. The van der Waals surface area contributed by atoms with Crippen LogP contribution in [0.3, 0.4) is 0 Å². The molecule has 7 rings (SSSR count). The molecule has 2 heterocycles. The number of nitrogens with zero attached hydrogens (tertiary/aromatic N) is 2. The summed E-state index contributed by atoms with van der Waals surface area (Å²) in [6.07, 6.45) is 0. The van der Waals surface area contributed by atoms with E-state index in [0.29, 0.717) is 5.56 Å². The molecule has 2 aromatic heterocycles. The topological polar surface area (TPSA) is 41.9 Å². The van der Waals surface area contributed by atoms with E-state index in [4.69, 9.17) is 4.42 Å². The van der Waals surface area contributed by atoms with Crippen LogP contribution in [0, 0.1) is 11.3 Å². The van der Waals surface area contributed by atoms with Gasteiger partial charge in [-0.2, -0.15) is 5.26 Å². The normalized spacial score (nSPS) is 11.5. The summed E-state index contributed by atoms with van der Waals surface area (Å²) in [6.45, 7) is 0. The number of aromatic nitrogens is 1. The van der Waals surface area contributed by atoms with Gasteiger partial charge in [-0.3, -0.25) is 0 Å². The molecule has 3 heteroatoms. The summed E-state index contributed by atoms with van der Waals surface area (Å²) < 4.78 is 8.48. The number of fused-ring (bicyclic) bond motifs is 6. The zero-order valence-corrected chi connectivity index (χ0v) is 18.2. The van der Waals surface area contributed by atoms with E-state index in [2.05, 4.69) is 77.4 Å². The van der Waals surface area contributed by atoms with Crippen molar-refractivity contribution >= 4 is 43.7 Å². The van der Waals surface area contributed by atoms with E-state index >= 15 is 0 Å². The van der Waals surface area contributed by atoms with Crippen LogP contribution >= 0.6 is 0 Å². The van der Waals surface area contributed by atoms with Crippen LogP contribution in [0.25, 0.3) is 60.6 Å². The van der Waals surface area contributed by atoms with Crippen molar-refractivity contribution in [3.8, 4) is 22.9 Å². The molecular weight excluding hydrogens is 416 g/mol. The predicted octanol–water partition coefficient (Wildman–Crippen LogP) is 8.22. The third kappa shape index (κ3) is 2.57. The average molecular weight is 434 g/mol. The highest BCUT2D eigenvalue weighted by atomic mass is 16.3. The Bertz CT molecular complexity index is 1880. The van der Waals surface area contributed by atoms with Crippen molar-refractivity contribution in [3.63, 3.8) is 0 Å². The van der Waals surface area contributed by atoms with Gasteiger partial charge in [-0.15, -0.1) is 0 Å². The van der Waals surface area contributed by atoms with E-state index in [1.165, 1.54) is 10.8 Å². The molecule has 7 aromatic rings. The number of nitriles is 1. The Morgan fingerprint density at radius 1 is 0.588 bits per heavy atom. The lowest BCUT2D eigenvalue weighted by atomic mass is 9.96. The third-order valence-electron chi connectivity index (χ3n) is 6.64. The van der Waals surface area contributed by atoms with E-state index in [1.807, 2.05) is 42.5 Å². The highest BCUT2D eigenvalue weighted by Crippen LogP contribution is 2.41. The largest absolute Gasteiger partial charge is 0.456 e. The fourth-order valence-electron chi connectivity index (χ4n) is 5.20. The number of rotatable bonds is 2. The molecule has 0 aliphatic carbocycles. The first-order valence-corrected chi connectivity index (χ1v) is 11.3. The van der Waals surface area contributed by atoms with Gasteiger partial charge in [-0.05, 0) is 48.0 Å². The maximum absolute atomic E-state index is 9.74. The van der Waals surface area contributed by atoms with Gasteiger partial charge in [0.15, 0.2) is 0 Å². The first-order chi connectivity index (χ1) is 16.8. The molecule has 0 atom stereocenters. The fraction of sp³-hybridized carbons (Fsp3) is 0. The Balaban J connectivity index is 1.65. The minimum absolute atomic E-state index is 0.629. The van der Waals surface area contributed by atoms with Crippen molar-refractivity contribution in [3.05, 3.63) is 115 Å². The van der Waals surface area contributed by atoms with Crippen LogP contribution < -0.4 is 0 Å². The molecule has 0 unspecified atom stereocenters. The van der Waals surface area contributed by atoms with Gasteiger partial charge in [0.25, 0.3) is 0 Å². The standard InChI is InChI=1S/C31H18N2O/c32-19-20-16-17-28(33-26-12-4-1-8-21(26)22-9-2-5-13-27(22)33)25(18-20)23-11-7-15-30-31(23)24-10-3-6-14-29(24)34-30/h1-18H. The lowest BCUT2D eigenvalue weighted by molar-refractivity contribution is 0.669. The van der Waals surface area contributed by atoms with Crippen molar-refractivity contribution in [1.29, 1.82) is 5.26 Å². The van der Waals surface area contributed by atoms with Crippen LogP contribution in [0.5, 0.6) is 0 Å². The maximum Gasteiger partial charge on any atom is 0.136 e. The Morgan fingerprint density at radius 2 is 1.24 bits per heavy atom. The molecule has 0 saturated heterocycles. The van der Waals surface area contributed by atoms with Gasteiger partial charge >= 0.3 is 0 Å². The van der Waals surface area contributed by atoms with Crippen molar-refractivity contribution < 1.29 is 4.42 Å². The van der Waals surface area contributed by atoms with E-state index in [1.54, 1.807) is 0 Å². The molecule has 0 amide bonds. The zero-order valence-electron chi connectivity index (χ0n) is 18.2. The number of hydrogen-bond acceptors (Lipinski definition) is 2. The van der Waals surface area contributed by atoms with Gasteiger partial charge in [-0.1, -0.05) is 66.7 Å². The summed E-state index contributed by atoms with van der Waals surface area (Å²) in [4.78, 5) is 0. The minimum Gasteiger partial charge on any atom is -0.456 e. The number of benzene rings is 5. The average Bonchev–Trinajstić information content (AvgIpc) is 3.44. The van der Waals surface area contributed by atoms with Crippen molar-refractivity contribution in [2.24, 2.45) is 0 Å². The van der Waals surface area contributed by atoms with E-state index < -0.39 is 0 Å². The van der Waals surface area contributed by atoms with Gasteiger partial charge in [0.1, 0.15) is 11.2 Å². The van der Waals surface area contributed by atoms with Crippen LogP contribution in [0.1, 0.15) is 5.56 Å². The molecule has 3 nitrogen and oxygen atoms in total. The molecule has 0 bridgehead atoms. The molecule has 158 valence electrons. The second-order valence-electron chi connectivity index (χ2n) is 8.49. The smallest absolute Gasteiger partial charge is 0.136 e. The molecule has 0 N–H and O–H groups in total. The van der Waals surface area contributed by atoms with Crippen LogP contribution in [0.15, 0.2) is 114 Å². The molecule has 0 spiro atoms. The summed E-state index contributed by atoms with van der Waals surface area (Å²) in [5, 5.41) is 14.3. The molecule has 0 saturated carbocycles. The maximum atomic E-state index is 9.74. The van der Waals surface area contributed by atoms with Crippen LogP contribution in [-0.4, -0.2) is 4.57 Å². The van der Waals surface area contributed by atoms with Gasteiger partial charge in [0.05, 0.1) is 28.4 Å². The first-order valence-electron chi connectivity index (χ1n) is 11.3. The number of para-hydroxylation sites is 3. The van der Waals surface area contributed by atoms with Crippen molar-refractivity contribution in [2.75, 3.05) is 0 Å². The lowest BCUT2D eigenvalue weighted by Gasteiger charge is -2.15. The Kier molecular flexibility index (Phi) is 3.91. The number of furan rings is 1. The van der Waals surface area contributed by atoms with Gasteiger partial charge in [-0.25, -0.2) is 0 Å². The molecule has 34 heavy (non-hydrogen) atoms. The Labute approximate surface area is 195 Å². The quantitative estimate of drug-likeness (QED) is 0.275. The third-order valence-corrected chi connectivity index (χ3v) is 6.64. The second-order valence-corrected chi connectivity index (χ2v) is 8.49. The van der Waals surface area contributed by atoms with Gasteiger partial charge in [0.2, 0.25) is 0 Å². The Morgan fingerprint density at radius 3 is 1.97 bits per heavy atom. The summed E-state index contributed by atoms with van der Waals surface area (Å²) in [6, 6.07) is 39.5. The van der Waals surface area contributed by atoms with Crippen LogP contribution in [0.4, 0.5) is 0 Å².